The molecule has 0 amide bonds. The Hall–Kier alpha value is -1.46. The van der Waals surface area contributed by atoms with E-state index in [0.717, 1.165) is 55.1 Å². The molecule has 2 aromatic rings. The zero-order valence-electron chi connectivity index (χ0n) is 15.5. The van der Waals surface area contributed by atoms with Crippen LogP contribution in [0.1, 0.15) is 48.1 Å². The largest absolute Gasteiger partial charge is 0.391 e. The van der Waals surface area contributed by atoms with Gasteiger partial charge in [-0.25, -0.2) is 0 Å². The molecule has 0 unspecified atom stereocenters. The third-order valence-corrected chi connectivity index (χ3v) is 6.45. The summed E-state index contributed by atoms with van der Waals surface area (Å²) in [7, 11) is 0. The van der Waals surface area contributed by atoms with Crippen molar-refractivity contribution in [1.29, 1.82) is 0 Å². The summed E-state index contributed by atoms with van der Waals surface area (Å²) in [6.07, 6.45) is 4.53. The Labute approximate surface area is 165 Å². The van der Waals surface area contributed by atoms with E-state index in [2.05, 4.69) is 16.0 Å². The molecule has 0 spiro atoms. The van der Waals surface area contributed by atoms with Gasteiger partial charge in [0.15, 0.2) is 0 Å². The van der Waals surface area contributed by atoms with E-state index in [1.165, 1.54) is 5.56 Å². The van der Waals surface area contributed by atoms with Crippen LogP contribution in [-0.4, -0.2) is 45.8 Å². The molecule has 27 heavy (non-hydrogen) atoms. The van der Waals surface area contributed by atoms with E-state index in [1.807, 2.05) is 30.3 Å². The number of aryl methyl sites for hydroxylation is 1. The number of rotatable bonds is 3. The molecule has 1 aliphatic heterocycles. The molecular weight excluding hydrogens is 360 g/mol. The van der Waals surface area contributed by atoms with Crippen LogP contribution >= 0.6 is 11.6 Å². The summed E-state index contributed by atoms with van der Waals surface area (Å²) in [4.78, 5) is 6.74. The van der Waals surface area contributed by atoms with Gasteiger partial charge in [-0.15, -0.1) is 0 Å². The summed E-state index contributed by atoms with van der Waals surface area (Å²) in [5, 5.41) is 22.0. The van der Waals surface area contributed by atoms with Crippen molar-refractivity contribution >= 4 is 11.6 Å². The van der Waals surface area contributed by atoms with Gasteiger partial charge in [-0.3, -0.25) is 4.98 Å². The van der Waals surface area contributed by atoms with Gasteiger partial charge in [0.25, 0.3) is 0 Å². The minimum atomic E-state index is -0.487. The van der Waals surface area contributed by atoms with Gasteiger partial charge in [0, 0.05) is 30.2 Å². The Morgan fingerprint density at radius 1 is 1.11 bits per heavy atom. The maximum atomic E-state index is 10.7. The Balaban J connectivity index is 1.37. The lowest BCUT2D eigenvalue weighted by Crippen LogP contribution is -2.44. The number of piperidine rings is 1. The molecule has 1 aliphatic carbocycles. The van der Waals surface area contributed by atoms with E-state index in [4.69, 9.17) is 11.6 Å². The topological polar surface area (TPSA) is 56.6 Å². The molecule has 1 aromatic carbocycles. The molecule has 0 saturated carbocycles. The van der Waals surface area contributed by atoms with Crippen LogP contribution in [0.3, 0.4) is 0 Å². The molecule has 0 bridgehead atoms. The van der Waals surface area contributed by atoms with E-state index in [9.17, 15) is 10.2 Å². The quantitative estimate of drug-likeness (QED) is 0.792. The highest BCUT2D eigenvalue weighted by molar-refractivity contribution is 6.31. The Bertz CT molecular complexity index is 784. The lowest BCUT2D eigenvalue weighted by molar-refractivity contribution is 0.0374. The van der Waals surface area contributed by atoms with Gasteiger partial charge in [0.05, 0.1) is 17.9 Å². The zero-order valence-corrected chi connectivity index (χ0v) is 16.2. The minimum Gasteiger partial charge on any atom is -0.391 e. The lowest BCUT2D eigenvalue weighted by atomic mass is 9.86. The standard InChI is InChI=1S/C22H27ClN2O2/c23-19-6-2-1-5-17(19)18-9-11-25(14-21(18)27)13-15-7-8-16-4-3-10-24-22(16)20(26)12-15/h1-6,10,15,18,20-21,26-27H,7-9,11-14H2/t15-,18-,20+,21+/m1/s1. The lowest BCUT2D eigenvalue weighted by Gasteiger charge is -2.38. The number of fused-ring (bicyclic) bond motifs is 1. The number of β-amino-alcohol motifs (C(OH)–C–C–N with tert-alkyl or cyclic N) is 1. The monoisotopic (exact) mass is 386 g/mol. The maximum Gasteiger partial charge on any atom is 0.0965 e. The number of aliphatic hydroxyl groups is 2. The summed E-state index contributed by atoms with van der Waals surface area (Å²) in [6.45, 7) is 2.52. The number of pyridine rings is 1. The normalized spacial score (nSPS) is 29.1. The number of nitrogens with zero attached hydrogens (tertiary/aromatic N) is 2. The van der Waals surface area contributed by atoms with Crippen molar-refractivity contribution in [2.45, 2.75) is 43.8 Å². The van der Waals surface area contributed by atoms with Crippen molar-refractivity contribution in [1.82, 2.24) is 9.88 Å². The predicted molar refractivity (Wildman–Crippen MR) is 107 cm³/mol. The number of halogens is 1. The molecule has 4 atom stereocenters. The summed E-state index contributed by atoms with van der Waals surface area (Å²) >= 11 is 6.33. The minimum absolute atomic E-state index is 0.100. The number of aliphatic hydroxyl groups excluding tert-OH is 2. The van der Waals surface area contributed by atoms with Gasteiger partial charge in [0.1, 0.15) is 0 Å². The fraction of sp³-hybridized carbons (Fsp3) is 0.500. The van der Waals surface area contributed by atoms with Crippen LogP contribution in [-0.2, 0) is 6.42 Å². The number of aromatic nitrogens is 1. The van der Waals surface area contributed by atoms with Gasteiger partial charge in [-0.05, 0) is 61.4 Å². The highest BCUT2D eigenvalue weighted by atomic mass is 35.5. The first-order valence-electron chi connectivity index (χ1n) is 9.88. The van der Waals surface area contributed by atoms with Crippen molar-refractivity contribution < 1.29 is 10.2 Å². The van der Waals surface area contributed by atoms with Gasteiger partial charge in [0.2, 0.25) is 0 Å². The highest BCUT2D eigenvalue weighted by Gasteiger charge is 2.32. The second-order valence-corrected chi connectivity index (χ2v) is 8.35. The van der Waals surface area contributed by atoms with Crippen molar-refractivity contribution in [2.24, 2.45) is 5.92 Å². The molecule has 1 aromatic heterocycles. The highest BCUT2D eigenvalue weighted by Crippen LogP contribution is 2.35. The van der Waals surface area contributed by atoms with E-state index in [-0.39, 0.29) is 5.92 Å². The molecule has 1 saturated heterocycles. The summed E-state index contributed by atoms with van der Waals surface area (Å²) in [5.74, 6) is 0.515. The molecule has 5 heteroatoms. The molecule has 4 rings (SSSR count). The van der Waals surface area contributed by atoms with Crippen LogP contribution in [0.2, 0.25) is 5.02 Å². The van der Waals surface area contributed by atoms with E-state index >= 15 is 0 Å². The second kappa shape index (κ2) is 8.27. The summed E-state index contributed by atoms with van der Waals surface area (Å²) in [6, 6.07) is 11.9. The maximum absolute atomic E-state index is 10.7. The molecule has 2 aliphatic rings. The van der Waals surface area contributed by atoms with Crippen molar-refractivity contribution in [2.75, 3.05) is 19.6 Å². The van der Waals surface area contributed by atoms with Crippen LogP contribution in [0, 0.1) is 5.92 Å². The second-order valence-electron chi connectivity index (χ2n) is 7.95. The van der Waals surface area contributed by atoms with Crippen molar-refractivity contribution in [3.8, 4) is 0 Å². The van der Waals surface area contributed by atoms with E-state index < -0.39 is 12.2 Å². The van der Waals surface area contributed by atoms with Crippen molar-refractivity contribution in [3.63, 3.8) is 0 Å². The smallest absolute Gasteiger partial charge is 0.0965 e. The fourth-order valence-electron chi connectivity index (χ4n) is 4.70. The van der Waals surface area contributed by atoms with Gasteiger partial charge < -0.3 is 15.1 Å². The van der Waals surface area contributed by atoms with Crippen molar-refractivity contribution in [3.05, 3.63) is 64.4 Å². The van der Waals surface area contributed by atoms with Crippen LogP contribution in [0.25, 0.3) is 0 Å². The number of hydrogen-bond donors (Lipinski definition) is 2. The Morgan fingerprint density at radius 3 is 2.78 bits per heavy atom. The third kappa shape index (κ3) is 4.19. The molecule has 0 radical (unpaired) electrons. The number of hydrogen-bond acceptors (Lipinski definition) is 4. The van der Waals surface area contributed by atoms with Crippen LogP contribution in [0.5, 0.6) is 0 Å². The molecule has 2 heterocycles. The number of likely N-dealkylation sites (tertiary alicyclic amines) is 1. The Morgan fingerprint density at radius 2 is 1.96 bits per heavy atom. The molecule has 2 N–H and O–H groups in total. The molecule has 4 nitrogen and oxygen atoms in total. The zero-order chi connectivity index (χ0) is 18.8. The van der Waals surface area contributed by atoms with Crippen LogP contribution in [0.4, 0.5) is 0 Å². The molecule has 1 fully saturated rings. The van der Waals surface area contributed by atoms with Gasteiger partial charge in [-0.2, -0.15) is 0 Å². The summed E-state index contributed by atoms with van der Waals surface area (Å²) in [5.41, 5.74) is 3.07. The molecule has 144 valence electrons. The van der Waals surface area contributed by atoms with Crippen LogP contribution in [0.15, 0.2) is 42.6 Å². The van der Waals surface area contributed by atoms with E-state index in [1.54, 1.807) is 6.20 Å². The SMILES string of the molecule is O[C@H]1C[C@H](CN2CC[C@H](c3ccccc3Cl)[C@@H](O)C2)CCc2cccnc21. The molecular formula is C22H27ClN2O2. The van der Waals surface area contributed by atoms with Crippen LogP contribution < -0.4 is 0 Å². The van der Waals surface area contributed by atoms with E-state index in [0.29, 0.717) is 12.5 Å². The average molecular weight is 387 g/mol. The predicted octanol–water partition coefficient (Wildman–Crippen LogP) is 3.57. The Kier molecular flexibility index (Phi) is 5.79. The average Bonchev–Trinajstić information content (AvgIpc) is 2.82. The number of benzene rings is 1. The first-order chi connectivity index (χ1) is 13.1. The van der Waals surface area contributed by atoms with Gasteiger partial charge in [-0.1, -0.05) is 35.9 Å². The first-order valence-corrected chi connectivity index (χ1v) is 10.3. The van der Waals surface area contributed by atoms with Gasteiger partial charge >= 0.3 is 0 Å². The fourth-order valence-corrected chi connectivity index (χ4v) is 4.98. The third-order valence-electron chi connectivity index (χ3n) is 6.11. The first kappa shape index (κ1) is 18.9. The summed E-state index contributed by atoms with van der Waals surface area (Å²) < 4.78 is 0.